The fourth-order valence-electron chi connectivity index (χ4n) is 3.64. The average molecular weight is 351 g/mol. The van der Waals surface area contributed by atoms with Crippen LogP contribution in [0.1, 0.15) is 60.8 Å². The van der Waals surface area contributed by atoms with Crippen LogP contribution in [0, 0.1) is 17.8 Å². The van der Waals surface area contributed by atoms with Gasteiger partial charge in [0.1, 0.15) is 0 Å². The molecule has 1 N–H and O–H groups in total. The largest absolute Gasteiger partial charge is 0.311 e. The molecule has 1 fully saturated rings. The van der Waals surface area contributed by atoms with Gasteiger partial charge in [0.05, 0.1) is 11.4 Å². The van der Waals surface area contributed by atoms with E-state index >= 15 is 0 Å². The zero-order chi connectivity index (χ0) is 18.0. The summed E-state index contributed by atoms with van der Waals surface area (Å²) in [7, 11) is -3.12. The van der Waals surface area contributed by atoms with Crippen LogP contribution in [0.2, 0.25) is 0 Å². The van der Waals surface area contributed by atoms with Crippen molar-refractivity contribution >= 4 is 12.8 Å². The molecule has 3 nitrogen and oxygen atoms in total. The van der Waals surface area contributed by atoms with E-state index in [1.165, 1.54) is 6.42 Å². The van der Waals surface area contributed by atoms with Gasteiger partial charge in [0.25, 0.3) is 7.52 Å². The minimum Gasteiger partial charge on any atom is -0.311 e. The number of nitrogens with one attached hydrogen (secondary N) is 1. The minimum absolute atomic E-state index is 0.0506. The van der Waals surface area contributed by atoms with E-state index in [0.717, 1.165) is 18.1 Å². The predicted molar refractivity (Wildman–Crippen MR) is 103 cm³/mol. The normalized spacial score (nSPS) is 27.9. The lowest BCUT2D eigenvalue weighted by atomic mass is 9.75. The van der Waals surface area contributed by atoms with E-state index in [0.29, 0.717) is 17.8 Å². The third kappa shape index (κ3) is 5.18. The van der Waals surface area contributed by atoms with Gasteiger partial charge in [-0.25, -0.2) is 5.09 Å². The average Bonchev–Trinajstić information content (AvgIpc) is 2.46. The van der Waals surface area contributed by atoms with E-state index in [2.05, 4.69) is 25.9 Å². The highest BCUT2D eigenvalue weighted by Crippen LogP contribution is 2.49. The van der Waals surface area contributed by atoms with Crippen molar-refractivity contribution in [3.8, 4) is 0 Å². The fourth-order valence-corrected chi connectivity index (χ4v) is 6.02. The lowest BCUT2D eigenvalue weighted by Gasteiger charge is -2.40. The van der Waals surface area contributed by atoms with Gasteiger partial charge in [0.15, 0.2) is 0 Å². The second-order valence-corrected chi connectivity index (χ2v) is 10.8. The molecule has 0 saturated heterocycles. The van der Waals surface area contributed by atoms with Crippen LogP contribution in [0.25, 0.3) is 0 Å². The molecule has 0 aromatic heterocycles. The summed E-state index contributed by atoms with van der Waals surface area (Å²) in [5.74, 6) is 1.64. The monoisotopic (exact) mass is 351 g/mol. The Bertz CT molecular complexity index is 565. The first kappa shape index (κ1) is 19.7. The molecule has 1 aromatic rings. The zero-order valence-corrected chi connectivity index (χ0v) is 17.0. The molecule has 136 valence electrons. The van der Waals surface area contributed by atoms with E-state index in [4.69, 9.17) is 4.52 Å². The SMILES string of the molecule is CC(C)[C@H]1CC[C@@H](C)C[C@@H]1O[P@](=O)(NC(C)(C)C)c1ccccc1. The molecule has 1 aliphatic carbocycles. The molecule has 1 aliphatic rings. The van der Waals surface area contributed by atoms with E-state index in [1.807, 2.05) is 51.1 Å². The minimum atomic E-state index is -3.12. The zero-order valence-electron chi connectivity index (χ0n) is 16.1. The number of benzene rings is 1. The maximum absolute atomic E-state index is 13.8. The van der Waals surface area contributed by atoms with Gasteiger partial charge in [-0.2, -0.15) is 0 Å². The van der Waals surface area contributed by atoms with E-state index < -0.39 is 7.52 Å². The van der Waals surface area contributed by atoms with Crippen molar-refractivity contribution in [3.05, 3.63) is 30.3 Å². The molecule has 4 heteroatoms. The summed E-state index contributed by atoms with van der Waals surface area (Å²) in [5, 5.41) is 4.07. The molecule has 2 rings (SSSR count). The molecule has 0 amide bonds. The molecule has 0 aliphatic heterocycles. The standard InChI is InChI=1S/C20H34NO2P/c1-15(2)18-13-12-16(3)14-19(18)23-24(22,21-20(4,5)6)17-10-8-7-9-11-17/h7-11,15-16,18-19H,12-14H2,1-6H3,(H,21,22)/t16-,18-,19+,24+/m1/s1. The molecule has 0 unspecified atom stereocenters. The van der Waals surface area contributed by atoms with Gasteiger partial charge < -0.3 is 4.52 Å². The molecule has 0 heterocycles. The first-order valence-corrected chi connectivity index (χ1v) is 10.9. The summed E-state index contributed by atoms with van der Waals surface area (Å²) in [6.45, 7) is 12.9. The Kier molecular flexibility index (Phi) is 6.34. The Balaban J connectivity index is 2.32. The summed E-state index contributed by atoms with van der Waals surface area (Å²) < 4.78 is 20.3. The van der Waals surface area contributed by atoms with Gasteiger partial charge in [0, 0.05) is 5.54 Å². The van der Waals surface area contributed by atoms with Gasteiger partial charge in [-0.1, -0.05) is 45.4 Å². The number of hydrogen-bond acceptors (Lipinski definition) is 2. The van der Waals surface area contributed by atoms with Crippen LogP contribution in [0.15, 0.2) is 30.3 Å². The predicted octanol–water partition coefficient (Wildman–Crippen LogP) is 5.37. The van der Waals surface area contributed by atoms with Crippen molar-refractivity contribution in [3.63, 3.8) is 0 Å². The summed E-state index contributed by atoms with van der Waals surface area (Å²) in [6.07, 6.45) is 3.44. The van der Waals surface area contributed by atoms with Gasteiger partial charge in [-0.3, -0.25) is 4.57 Å². The van der Waals surface area contributed by atoms with Gasteiger partial charge in [-0.15, -0.1) is 0 Å². The summed E-state index contributed by atoms with van der Waals surface area (Å²) in [4.78, 5) is 0. The van der Waals surface area contributed by atoms with Crippen LogP contribution in [0.5, 0.6) is 0 Å². The highest BCUT2D eigenvalue weighted by molar-refractivity contribution is 7.65. The Morgan fingerprint density at radius 1 is 1.17 bits per heavy atom. The van der Waals surface area contributed by atoms with Crippen molar-refractivity contribution in [2.75, 3.05) is 0 Å². The topological polar surface area (TPSA) is 38.3 Å². The second-order valence-electron chi connectivity index (χ2n) is 8.72. The highest BCUT2D eigenvalue weighted by Gasteiger charge is 2.39. The second kappa shape index (κ2) is 7.72. The summed E-state index contributed by atoms with van der Waals surface area (Å²) in [5.41, 5.74) is -0.279. The maximum atomic E-state index is 13.8. The summed E-state index contributed by atoms with van der Waals surface area (Å²) in [6, 6.07) is 9.63. The van der Waals surface area contributed by atoms with Crippen LogP contribution in [-0.4, -0.2) is 11.6 Å². The number of rotatable bonds is 5. The van der Waals surface area contributed by atoms with Gasteiger partial charge in [-0.05, 0) is 63.5 Å². The van der Waals surface area contributed by atoms with Gasteiger partial charge in [0.2, 0.25) is 0 Å². The Hall–Kier alpha value is -0.630. The Morgan fingerprint density at radius 2 is 1.79 bits per heavy atom. The van der Waals surface area contributed by atoms with Crippen LogP contribution < -0.4 is 10.4 Å². The Labute approximate surface area is 148 Å². The first-order valence-electron chi connectivity index (χ1n) is 9.24. The molecular formula is C20H34NO2P. The van der Waals surface area contributed by atoms with E-state index in [9.17, 15) is 4.57 Å². The van der Waals surface area contributed by atoms with E-state index in [1.54, 1.807) is 0 Å². The third-order valence-corrected chi connectivity index (χ3v) is 7.33. The molecule has 0 bridgehead atoms. The molecule has 0 spiro atoms. The lowest BCUT2D eigenvalue weighted by Crippen LogP contribution is -2.41. The number of hydrogen-bond donors (Lipinski definition) is 1. The summed E-state index contributed by atoms with van der Waals surface area (Å²) >= 11 is 0. The Morgan fingerprint density at radius 3 is 2.33 bits per heavy atom. The molecule has 1 aromatic carbocycles. The molecular weight excluding hydrogens is 317 g/mol. The van der Waals surface area contributed by atoms with Crippen LogP contribution in [0.3, 0.4) is 0 Å². The van der Waals surface area contributed by atoms with Crippen molar-refractivity contribution in [1.82, 2.24) is 5.09 Å². The van der Waals surface area contributed by atoms with Crippen molar-refractivity contribution in [1.29, 1.82) is 0 Å². The fraction of sp³-hybridized carbons (Fsp3) is 0.700. The van der Waals surface area contributed by atoms with Crippen LogP contribution in [0.4, 0.5) is 0 Å². The van der Waals surface area contributed by atoms with Crippen LogP contribution >= 0.6 is 7.52 Å². The van der Waals surface area contributed by atoms with Crippen molar-refractivity contribution < 1.29 is 9.09 Å². The third-order valence-electron chi connectivity index (χ3n) is 4.82. The maximum Gasteiger partial charge on any atom is 0.300 e. The van der Waals surface area contributed by atoms with Crippen molar-refractivity contribution in [2.45, 2.75) is 72.4 Å². The highest BCUT2D eigenvalue weighted by atomic mass is 31.2. The molecule has 0 radical (unpaired) electrons. The first-order chi connectivity index (χ1) is 11.1. The quantitative estimate of drug-likeness (QED) is 0.725. The van der Waals surface area contributed by atoms with Gasteiger partial charge >= 0.3 is 0 Å². The molecule has 1 saturated carbocycles. The molecule has 24 heavy (non-hydrogen) atoms. The van der Waals surface area contributed by atoms with Crippen molar-refractivity contribution in [2.24, 2.45) is 17.8 Å². The van der Waals surface area contributed by atoms with E-state index in [-0.39, 0.29) is 11.6 Å². The lowest BCUT2D eigenvalue weighted by molar-refractivity contribution is 0.0474. The molecule has 4 atom stereocenters. The smallest absolute Gasteiger partial charge is 0.300 e. The van der Waals surface area contributed by atoms with Crippen LogP contribution in [-0.2, 0) is 9.09 Å².